The Morgan fingerprint density at radius 2 is 1.76 bits per heavy atom. The maximum Gasteiger partial charge on any atom is 0.325 e. The Morgan fingerprint density at radius 1 is 1.00 bits per heavy atom. The summed E-state index contributed by atoms with van der Waals surface area (Å²) < 4.78 is 1.74. The third-order valence-electron chi connectivity index (χ3n) is 6.10. The van der Waals surface area contributed by atoms with Gasteiger partial charge in [0.25, 0.3) is 5.91 Å². The van der Waals surface area contributed by atoms with Crippen LogP contribution < -0.4 is 10.6 Å². The van der Waals surface area contributed by atoms with Crippen molar-refractivity contribution in [3.05, 3.63) is 96.3 Å². The summed E-state index contributed by atoms with van der Waals surface area (Å²) in [6.07, 6.45) is 3.55. The lowest BCUT2D eigenvalue weighted by Crippen LogP contribution is -2.43. The van der Waals surface area contributed by atoms with Crippen molar-refractivity contribution in [2.24, 2.45) is 0 Å². The largest absolute Gasteiger partial charge is 0.350 e. The summed E-state index contributed by atoms with van der Waals surface area (Å²) in [6.45, 7) is 1.60. The molecule has 4 aromatic rings. The Kier molecular flexibility index (Phi) is 5.33. The van der Waals surface area contributed by atoms with E-state index >= 15 is 0 Å². The number of carbonyl (C=O) groups excluding carboxylic acids is 3. The molecule has 1 saturated heterocycles. The number of aromatic nitrogens is 2. The molecule has 2 heterocycles. The van der Waals surface area contributed by atoms with E-state index in [1.165, 1.54) is 0 Å². The number of benzene rings is 3. The minimum atomic E-state index is -1.23. The number of imide groups is 1. The van der Waals surface area contributed by atoms with Crippen molar-refractivity contribution in [2.75, 3.05) is 6.54 Å². The van der Waals surface area contributed by atoms with Crippen molar-refractivity contribution < 1.29 is 14.4 Å². The number of carbonyl (C=O) groups is 3. The molecule has 1 atom stereocenters. The average molecular weight is 454 g/mol. The van der Waals surface area contributed by atoms with Gasteiger partial charge in [-0.3, -0.25) is 14.5 Å². The highest BCUT2D eigenvalue weighted by Gasteiger charge is 2.49. The first-order valence-corrected chi connectivity index (χ1v) is 10.9. The lowest BCUT2D eigenvalue weighted by atomic mass is 9.90. The number of fused-ring (bicyclic) bond motifs is 1. The Balaban J connectivity index is 1.24. The second-order valence-corrected chi connectivity index (χ2v) is 8.40. The SMILES string of the molecule is CC1(c2ccc3ccccc3c2)NC(=O)N(CC(=O)NCc2ccc(-n3cccn3)cc2)C1=O. The predicted octanol–water partition coefficient (Wildman–Crippen LogP) is 3.11. The number of nitrogens with one attached hydrogen (secondary N) is 2. The Morgan fingerprint density at radius 3 is 2.50 bits per heavy atom. The molecule has 3 aromatic carbocycles. The second kappa shape index (κ2) is 8.47. The summed E-state index contributed by atoms with van der Waals surface area (Å²) in [7, 11) is 0. The van der Waals surface area contributed by atoms with E-state index in [1.807, 2.05) is 79.0 Å². The first-order valence-electron chi connectivity index (χ1n) is 10.9. The number of rotatable bonds is 6. The fraction of sp³-hybridized carbons (Fsp3) is 0.154. The van der Waals surface area contributed by atoms with Crippen LogP contribution in [0.1, 0.15) is 18.1 Å². The highest BCUT2D eigenvalue weighted by atomic mass is 16.2. The molecule has 4 amide bonds. The molecule has 1 aliphatic heterocycles. The van der Waals surface area contributed by atoms with E-state index in [-0.39, 0.29) is 13.1 Å². The van der Waals surface area contributed by atoms with Crippen LogP contribution in [0.5, 0.6) is 0 Å². The molecule has 1 unspecified atom stereocenters. The molecular weight excluding hydrogens is 430 g/mol. The van der Waals surface area contributed by atoms with Gasteiger partial charge in [0, 0.05) is 18.9 Å². The number of hydrogen-bond donors (Lipinski definition) is 2. The Bertz CT molecular complexity index is 1380. The van der Waals surface area contributed by atoms with Crippen LogP contribution >= 0.6 is 0 Å². The van der Waals surface area contributed by atoms with Gasteiger partial charge in [-0.2, -0.15) is 5.10 Å². The molecule has 1 aromatic heterocycles. The van der Waals surface area contributed by atoms with Gasteiger partial charge in [0.2, 0.25) is 5.91 Å². The number of nitrogens with zero attached hydrogens (tertiary/aromatic N) is 3. The second-order valence-electron chi connectivity index (χ2n) is 8.40. The normalized spacial score (nSPS) is 17.7. The van der Waals surface area contributed by atoms with Crippen molar-refractivity contribution in [3.8, 4) is 5.69 Å². The van der Waals surface area contributed by atoms with Gasteiger partial charge in [-0.15, -0.1) is 0 Å². The van der Waals surface area contributed by atoms with Crippen LogP contribution in [0.15, 0.2) is 85.2 Å². The fourth-order valence-electron chi connectivity index (χ4n) is 4.12. The van der Waals surface area contributed by atoms with Gasteiger partial charge in [0.15, 0.2) is 0 Å². The molecule has 1 fully saturated rings. The molecule has 0 aliphatic carbocycles. The van der Waals surface area contributed by atoms with E-state index in [1.54, 1.807) is 17.8 Å². The molecular formula is C26H23N5O3. The molecule has 0 radical (unpaired) electrons. The quantitative estimate of drug-likeness (QED) is 0.439. The van der Waals surface area contributed by atoms with Gasteiger partial charge in [-0.05, 0) is 53.1 Å². The summed E-state index contributed by atoms with van der Waals surface area (Å²) >= 11 is 0. The topological polar surface area (TPSA) is 96.3 Å². The van der Waals surface area contributed by atoms with E-state index in [4.69, 9.17) is 0 Å². The van der Waals surface area contributed by atoms with E-state index in [9.17, 15) is 14.4 Å². The van der Waals surface area contributed by atoms with E-state index < -0.39 is 23.4 Å². The predicted molar refractivity (Wildman–Crippen MR) is 127 cm³/mol. The molecule has 8 nitrogen and oxygen atoms in total. The first kappa shape index (κ1) is 21.4. The van der Waals surface area contributed by atoms with Crippen LogP contribution in [0.3, 0.4) is 0 Å². The summed E-state index contributed by atoms with van der Waals surface area (Å²) in [5.74, 6) is -0.867. The van der Waals surface area contributed by atoms with Crippen LogP contribution in [0, 0.1) is 0 Å². The summed E-state index contributed by atoms with van der Waals surface area (Å²) in [6, 6.07) is 22.3. The summed E-state index contributed by atoms with van der Waals surface area (Å²) in [4.78, 5) is 39.3. The first-order chi connectivity index (χ1) is 16.4. The third kappa shape index (κ3) is 3.90. The molecule has 8 heteroatoms. The summed E-state index contributed by atoms with van der Waals surface area (Å²) in [5, 5.41) is 11.7. The van der Waals surface area contributed by atoms with Crippen molar-refractivity contribution in [1.29, 1.82) is 0 Å². The van der Waals surface area contributed by atoms with Gasteiger partial charge in [-0.1, -0.05) is 48.5 Å². The smallest absolute Gasteiger partial charge is 0.325 e. The molecule has 0 bridgehead atoms. The number of urea groups is 1. The molecule has 0 saturated carbocycles. The van der Waals surface area contributed by atoms with Gasteiger partial charge < -0.3 is 10.6 Å². The highest BCUT2D eigenvalue weighted by molar-refractivity contribution is 6.09. The minimum Gasteiger partial charge on any atom is -0.350 e. The van der Waals surface area contributed by atoms with E-state index in [2.05, 4.69) is 15.7 Å². The molecule has 0 spiro atoms. The molecule has 2 N–H and O–H groups in total. The van der Waals surface area contributed by atoms with Crippen molar-refractivity contribution >= 4 is 28.6 Å². The number of hydrogen-bond acceptors (Lipinski definition) is 4. The minimum absolute atomic E-state index is 0.282. The van der Waals surface area contributed by atoms with Crippen LogP contribution in [0.25, 0.3) is 16.5 Å². The molecule has 170 valence electrons. The lowest BCUT2D eigenvalue weighted by Gasteiger charge is -2.22. The van der Waals surface area contributed by atoms with E-state index in [0.717, 1.165) is 26.9 Å². The Labute approximate surface area is 196 Å². The highest BCUT2D eigenvalue weighted by Crippen LogP contribution is 2.30. The average Bonchev–Trinajstić information content (AvgIpc) is 3.47. The molecule has 34 heavy (non-hydrogen) atoms. The summed E-state index contributed by atoms with van der Waals surface area (Å²) in [5.41, 5.74) is 1.24. The van der Waals surface area contributed by atoms with Crippen molar-refractivity contribution in [3.63, 3.8) is 0 Å². The maximum atomic E-state index is 13.2. The van der Waals surface area contributed by atoms with Crippen LogP contribution in [-0.4, -0.2) is 39.1 Å². The zero-order valence-corrected chi connectivity index (χ0v) is 18.6. The van der Waals surface area contributed by atoms with Gasteiger partial charge >= 0.3 is 6.03 Å². The monoisotopic (exact) mass is 453 g/mol. The van der Waals surface area contributed by atoms with Crippen LogP contribution in [0.4, 0.5) is 4.79 Å². The van der Waals surface area contributed by atoms with Crippen LogP contribution in [-0.2, 0) is 21.7 Å². The molecule has 5 rings (SSSR count). The van der Waals surface area contributed by atoms with Gasteiger partial charge in [0.05, 0.1) is 5.69 Å². The zero-order chi connectivity index (χ0) is 23.7. The van der Waals surface area contributed by atoms with Crippen molar-refractivity contribution in [1.82, 2.24) is 25.3 Å². The van der Waals surface area contributed by atoms with Gasteiger partial charge in [0.1, 0.15) is 12.1 Å². The third-order valence-corrected chi connectivity index (χ3v) is 6.10. The maximum absolute atomic E-state index is 13.2. The standard InChI is InChI=1S/C26H23N5O3/c1-26(21-10-9-19-5-2-3-6-20(19)15-21)24(33)30(25(34)29-26)17-23(32)27-16-18-7-11-22(12-8-18)31-14-4-13-28-31/h2-15H,16-17H2,1H3,(H,27,32)(H,29,34). The van der Waals surface area contributed by atoms with Crippen molar-refractivity contribution in [2.45, 2.75) is 19.0 Å². The molecule has 1 aliphatic rings. The lowest BCUT2D eigenvalue weighted by molar-refractivity contribution is -0.134. The zero-order valence-electron chi connectivity index (χ0n) is 18.6. The fourth-order valence-corrected chi connectivity index (χ4v) is 4.12. The Hall–Kier alpha value is -4.46. The van der Waals surface area contributed by atoms with Crippen LogP contribution in [0.2, 0.25) is 0 Å². The number of amides is 4. The van der Waals surface area contributed by atoms with E-state index in [0.29, 0.717) is 5.56 Å². The van der Waals surface area contributed by atoms with Gasteiger partial charge in [-0.25, -0.2) is 9.48 Å².